The van der Waals surface area contributed by atoms with Crippen LogP contribution in [0, 0.1) is 11.8 Å². The molecule has 0 saturated carbocycles. The van der Waals surface area contributed by atoms with E-state index in [9.17, 15) is 0 Å². The first-order valence-corrected chi connectivity index (χ1v) is 9.01. The molecular weight excluding hydrogens is 278 g/mol. The molecule has 1 saturated heterocycles. The summed E-state index contributed by atoms with van der Waals surface area (Å²) in [5.74, 6) is 1.24. The molecule has 1 nitrogen and oxygen atoms in total. The number of hydrogen-bond acceptors (Lipinski definition) is 1. The lowest BCUT2D eigenvalue weighted by molar-refractivity contribution is 0.274. The number of nitrogens with zero attached hydrogens (tertiary/aromatic N) is 1. The first-order valence-electron chi connectivity index (χ1n) is 9.01. The van der Waals surface area contributed by atoms with Gasteiger partial charge in [0.25, 0.3) is 0 Å². The van der Waals surface area contributed by atoms with Gasteiger partial charge in [-0.2, -0.15) is 0 Å². The Kier molecular flexibility index (Phi) is 4.87. The summed E-state index contributed by atoms with van der Waals surface area (Å²) in [5.41, 5.74) is 5.64. The fourth-order valence-corrected chi connectivity index (χ4v) is 4.25. The highest BCUT2D eigenvalue weighted by Gasteiger charge is 2.40. The molecule has 0 spiro atoms. The lowest BCUT2D eigenvalue weighted by atomic mass is 9.93. The highest BCUT2D eigenvalue weighted by molar-refractivity contribution is 5.82. The van der Waals surface area contributed by atoms with Crippen molar-refractivity contribution in [2.45, 2.75) is 39.7 Å². The molecule has 0 bridgehead atoms. The number of allylic oxidation sites excluding steroid dienone is 2. The van der Waals surface area contributed by atoms with Crippen molar-refractivity contribution in [3.63, 3.8) is 0 Å². The molecule has 3 rings (SSSR count). The van der Waals surface area contributed by atoms with Crippen molar-refractivity contribution in [1.82, 2.24) is 4.90 Å². The van der Waals surface area contributed by atoms with Gasteiger partial charge < -0.3 is 0 Å². The lowest BCUT2D eigenvalue weighted by Crippen LogP contribution is -2.33. The van der Waals surface area contributed by atoms with Gasteiger partial charge in [-0.15, -0.1) is 0 Å². The molecular formula is C22H29N. The Morgan fingerprint density at radius 1 is 1.30 bits per heavy atom. The normalized spacial score (nSPS) is 26.3. The summed E-state index contributed by atoms with van der Waals surface area (Å²) >= 11 is 0. The van der Waals surface area contributed by atoms with Crippen LogP contribution in [0.1, 0.15) is 39.2 Å². The minimum absolute atomic E-state index is 0.562. The summed E-state index contributed by atoms with van der Waals surface area (Å²) in [6, 6.07) is 11.3. The number of likely N-dealkylation sites (tertiary alicyclic amines) is 1. The van der Waals surface area contributed by atoms with Crippen molar-refractivity contribution in [3.8, 4) is 0 Å². The Morgan fingerprint density at radius 3 is 2.65 bits per heavy atom. The second kappa shape index (κ2) is 6.88. The SMILES string of the molecule is C=C1C(c2ccccc2)=CC2CN([C@@H](C)/C(=C\C)CCC)CC12. The average Bonchev–Trinajstić information content (AvgIpc) is 3.12. The molecule has 1 aromatic rings. The van der Waals surface area contributed by atoms with E-state index in [0.717, 1.165) is 6.54 Å². The molecule has 1 aliphatic heterocycles. The summed E-state index contributed by atoms with van der Waals surface area (Å²) in [7, 11) is 0. The Bertz CT molecular complexity index is 623. The fourth-order valence-electron chi connectivity index (χ4n) is 4.25. The van der Waals surface area contributed by atoms with Gasteiger partial charge in [-0.1, -0.05) is 68.0 Å². The highest BCUT2D eigenvalue weighted by Crippen LogP contribution is 2.45. The van der Waals surface area contributed by atoms with Crippen LogP contribution in [0.4, 0.5) is 0 Å². The number of rotatable bonds is 5. The van der Waals surface area contributed by atoms with Gasteiger partial charge >= 0.3 is 0 Å². The zero-order valence-electron chi connectivity index (χ0n) is 14.8. The summed E-state index contributed by atoms with van der Waals surface area (Å²) in [6.45, 7) is 13.6. The van der Waals surface area contributed by atoms with E-state index in [-0.39, 0.29) is 0 Å². The third kappa shape index (κ3) is 3.07. The molecule has 1 heteroatoms. The second-order valence-corrected chi connectivity index (χ2v) is 6.99. The number of hydrogen-bond donors (Lipinski definition) is 0. The van der Waals surface area contributed by atoms with Crippen molar-refractivity contribution in [1.29, 1.82) is 0 Å². The average molecular weight is 307 g/mol. The minimum atomic E-state index is 0.562. The summed E-state index contributed by atoms with van der Waals surface area (Å²) in [6.07, 6.45) is 7.25. The van der Waals surface area contributed by atoms with Crippen LogP contribution in [0.25, 0.3) is 5.57 Å². The van der Waals surface area contributed by atoms with Gasteiger partial charge in [0.05, 0.1) is 0 Å². The Hall–Kier alpha value is -1.60. The molecule has 1 aromatic carbocycles. The monoisotopic (exact) mass is 307 g/mol. The summed E-state index contributed by atoms with van der Waals surface area (Å²) in [4.78, 5) is 2.66. The first kappa shape index (κ1) is 16.3. The quantitative estimate of drug-likeness (QED) is 0.665. The third-order valence-electron chi connectivity index (χ3n) is 5.65. The molecule has 23 heavy (non-hydrogen) atoms. The van der Waals surface area contributed by atoms with E-state index in [2.05, 4.69) is 74.7 Å². The highest BCUT2D eigenvalue weighted by atomic mass is 15.2. The van der Waals surface area contributed by atoms with Crippen molar-refractivity contribution >= 4 is 5.57 Å². The van der Waals surface area contributed by atoms with Crippen LogP contribution in [0.15, 0.2) is 60.2 Å². The van der Waals surface area contributed by atoms with Crippen LogP contribution in [0.5, 0.6) is 0 Å². The maximum Gasteiger partial charge on any atom is 0.0279 e. The van der Waals surface area contributed by atoms with Gasteiger partial charge in [0.2, 0.25) is 0 Å². The van der Waals surface area contributed by atoms with Crippen LogP contribution in [-0.4, -0.2) is 24.0 Å². The maximum atomic E-state index is 4.44. The molecule has 2 aliphatic rings. The van der Waals surface area contributed by atoms with Crippen molar-refractivity contribution in [2.24, 2.45) is 11.8 Å². The Balaban J connectivity index is 1.74. The molecule has 1 fully saturated rings. The van der Waals surface area contributed by atoms with Crippen LogP contribution < -0.4 is 0 Å². The second-order valence-electron chi connectivity index (χ2n) is 6.99. The summed E-state index contributed by atoms with van der Waals surface area (Å²) < 4.78 is 0. The molecule has 0 N–H and O–H groups in total. The van der Waals surface area contributed by atoms with Gasteiger partial charge in [0.1, 0.15) is 0 Å². The van der Waals surface area contributed by atoms with Crippen LogP contribution >= 0.6 is 0 Å². The number of fused-ring (bicyclic) bond motifs is 1. The molecule has 1 aliphatic carbocycles. The Morgan fingerprint density at radius 2 is 2.04 bits per heavy atom. The van der Waals surface area contributed by atoms with E-state index in [1.54, 1.807) is 5.57 Å². The molecule has 0 radical (unpaired) electrons. The smallest absolute Gasteiger partial charge is 0.0279 e. The van der Waals surface area contributed by atoms with E-state index in [0.29, 0.717) is 17.9 Å². The predicted molar refractivity (Wildman–Crippen MR) is 100 cm³/mol. The third-order valence-corrected chi connectivity index (χ3v) is 5.65. The lowest BCUT2D eigenvalue weighted by Gasteiger charge is -2.27. The van der Waals surface area contributed by atoms with Gasteiger partial charge in [0, 0.05) is 25.0 Å². The van der Waals surface area contributed by atoms with Gasteiger partial charge in [-0.25, -0.2) is 0 Å². The summed E-state index contributed by atoms with van der Waals surface area (Å²) in [5, 5.41) is 0. The first-order chi connectivity index (χ1) is 11.2. The zero-order valence-corrected chi connectivity index (χ0v) is 14.8. The molecule has 0 aromatic heterocycles. The predicted octanol–water partition coefficient (Wildman–Crippen LogP) is 5.32. The van der Waals surface area contributed by atoms with Crippen LogP contribution in [-0.2, 0) is 0 Å². The van der Waals surface area contributed by atoms with E-state index in [1.165, 1.54) is 36.1 Å². The van der Waals surface area contributed by atoms with Crippen LogP contribution in [0.3, 0.4) is 0 Å². The minimum Gasteiger partial charge on any atom is -0.296 e. The van der Waals surface area contributed by atoms with E-state index >= 15 is 0 Å². The zero-order chi connectivity index (χ0) is 16.4. The largest absolute Gasteiger partial charge is 0.296 e. The molecule has 1 heterocycles. The van der Waals surface area contributed by atoms with Gasteiger partial charge in [-0.3, -0.25) is 4.90 Å². The number of benzene rings is 1. The van der Waals surface area contributed by atoms with Crippen molar-refractivity contribution < 1.29 is 0 Å². The van der Waals surface area contributed by atoms with Crippen LogP contribution in [0.2, 0.25) is 0 Å². The van der Waals surface area contributed by atoms with Gasteiger partial charge in [-0.05, 0) is 42.9 Å². The van der Waals surface area contributed by atoms with E-state index in [1.807, 2.05) is 0 Å². The molecule has 122 valence electrons. The van der Waals surface area contributed by atoms with E-state index < -0.39 is 0 Å². The van der Waals surface area contributed by atoms with Crippen molar-refractivity contribution in [3.05, 3.63) is 65.8 Å². The Labute approximate surface area is 141 Å². The topological polar surface area (TPSA) is 3.24 Å². The fraction of sp³-hybridized carbons (Fsp3) is 0.455. The standard InChI is InChI=1S/C22H29N/c1-5-10-18(6-2)17(4)23-14-20-13-21(16(3)22(20)15-23)19-11-8-7-9-12-19/h6-9,11-13,17,20,22H,3,5,10,14-15H2,1-2,4H3/b18-6-/t17-,20?,22?/m0/s1. The van der Waals surface area contributed by atoms with Crippen molar-refractivity contribution in [2.75, 3.05) is 13.1 Å². The molecule has 3 atom stereocenters. The maximum absolute atomic E-state index is 4.44. The van der Waals surface area contributed by atoms with E-state index in [4.69, 9.17) is 0 Å². The molecule has 2 unspecified atom stereocenters. The van der Waals surface area contributed by atoms with Gasteiger partial charge in [0.15, 0.2) is 0 Å². The molecule has 0 amide bonds.